The number of hydrogen-bond acceptors (Lipinski definition) is 7. The number of carbonyl (C=O) groups is 1. The molecule has 9 heteroatoms. The van der Waals surface area contributed by atoms with Crippen LogP contribution in [0.3, 0.4) is 0 Å². The molecule has 7 nitrogen and oxygen atoms in total. The molecule has 0 atom stereocenters. The zero-order valence-corrected chi connectivity index (χ0v) is 20.2. The van der Waals surface area contributed by atoms with Crippen molar-refractivity contribution in [2.45, 2.75) is 6.92 Å². The Hall–Kier alpha value is -4.24. The predicted octanol–water partition coefficient (Wildman–Crippen LogP) is 5.97. The Labute approximate surface area is 206 Å². The number of para-hydroxylation sites is 1. The van der Waals surface area contributed by atoms with Crippen LogP contribution in [-0.2, 0) is 0 Å². The summed E-state index contributed by atoms with van der Waals surface area (Å²) < 4.78 is 24.0. The Morgan fingerprint density at radius 2 is 1.77 bits per heavy atom. The number of methoxy groups -OCH3 is 2. The number of thiazole rings is 1. The highest BCUT2D eigenvalue weighted by atomic mass is 32.1. The van der Waals surface area contributed by atoms with Crippen LogP contribution in [0.5, 0.6) is 11.5 Å². The zero-order chi connectivity index (χ0) is 24.8. The molecule has 1 heterocycles. The molecule has 0 unspecified atom stereocenters. The van der Waals surface area contributed by atoms with E-state index in [4.69, 9.17) is 9.47 Å². The van der Waals surface area contributed by atoms with Crippen molar-refractivity contribution < 1.29 is 18.7 Å². The van der Waals surface area contributed by atoms with E-state index < -0.39 is 5.82 Å². The van der Waals surface area contributed by atoms with Crippen LogP contribution in [0, 0.1) is 12.7 Å². The van der Waals surface area contributed by atoms with Crippen LogP contribution in [0.15, 0.2) is 71.8 Å². The summed E-state index contributed by atoms with van der Waals surface area (Å²) in [5.41, 5.74) is 6.53. The highest BCUT2D eigenvalue weighted by Crippen LogP contribution is 2.36. The monoisotopic (exact) mass is 490 g/mol. The molecule has 0 aliphatic carbocycles. The first kappa shape index (κ1) is 23.9. The summed E-state index contributed by atoms with van der Waals surface area (Å²) in [6, 6.07) is 18.7. The third-order valence-electron chi connectivity index (χ3n) is 5.08. The zero-order valence-electron chi connectivity index (χ0n) is 19.3. The molecule has 0 saturated heterocycles. The van der Waals surface area contributed by atoms with E-state index in [-0.39, 0.29) is 5.91 Å². The van der Waals surface area contributed by atoms with Crippen molar-refractivity contribution >= 4 is 33.6 Å². The van der Waals surface area contributed by atoms with Gasteiger partial charge in [0.05, 0.1) is 20.4 Å². The van der Waals surface area contributed by atoms with Gasteiger partial charge in [0.1, 0.15) is 16.5 Å². The van der Waals surface area contributed by atoms with E-state index in [0.29, 0.717) is 32.9 Å². The van der Waals surface area contributed by atoms with Gasteiger partial charge >= 0.3 is 0 Å². The van der Waals surface area contributed by atoms with Crippen molar-refractivity contribution in [1.29, 1.82) is 0 Å². The number of aryl methyl sites for hydroxylation is 1. The van der Waals surface area contributed by atoms with E-state index >= 15 is 0 Å². The molecule has 35 heavy (non-hydrogen) atoms. The van der Waals surface area contributed by atoms with Crippen molar-refractivity contribution in [3.8, 4) is 22.8 Å². The number of rotatable bonds is 8. The van der Waals surface area contributed by atoms with E-state index in [2.05, 4.69) is 20.8 Å². The summed E-state index contributed by atoms with van der Waals surface area (Å²) >= 11 is 1.24. The fraction of sp³-hybridized carbons (Fsp3) is 0.115. The molecule has 0 spiro atoms. The third-order valence-corrected chi connectivity index (χ3v) is 5.96. The van der Waals surface area contributed by atoms with Gasteiger partial charge in [-0.3, -0.25) is 10.2 Å². The number of hydrazone groups is 1. The van der Waals surface area contributed by atoms with Gasteiger partial charge < -0.3 is 14.8 Å². The van der Waals surface area contributed by atoms with Crippen molar-refractivity contribution in [2.24, 2.45) is 5.10 Å². The van der Waals surface area contributed by atoms with Crippen LogP contribution in [-0.4, -0.2) is 31.3 Å². The number of halogens is 1. The number of carbonyl (C=O) groups excluding carboxylic acids is 1. The summed E-state index contributed by atoms with van der Waals surface area (Å²) in [4.78, 5) is 17.4. The average molecular weight is 491 g/mol. The number of nitrogens with zero attached hydrogens (tertiary/aromatic N) is 2. The number of aromatic nitrogens is 1. The van der Waals surface area contributed by atoms with Gasteiger partial charge in [0.25, 0.3) is 5.91 Å². The maximum Gasteiger partial charge on any atom is 0.256 e. The minimum absolute atomic E-state index is 0.340. The highest BCUT2D eigenvalue weighted by molar-refractivity contribution is 7.20. The van der Waals surface area contributed by atoms with Gasteiger partial charge in [-0.2, -0.15) is 5.10 Å². The van der Waals surface area contributed by atoms with Gasteiger partial charge in [-0.1, -0.05) is 47.2 Å². The van der Waals surface area contributed by atoms with E-state index in [1.54, 1.807) is 26.5 Å². The van der Waals surface area contributed by atoms with Gasteiger partial charge in [0.2, 0.25) is 5.13 Å². The molecule has 4 aromatic rings. The highest BCUT2D eigenvalue weighted by Gasteiger charge is 2.17. The molecule has 0 saturated carbocycles. The normalized spacial score (nSPS) is 10.9. The minimum atomic E-state index is -0.406. The molecule has 178 valence electrons. The predicted molar refractivity (Wildman–Crippen MR) is 137 cm³/mol. The lowest BCUT2D eigenvalue weighted by molar-refractivity contribution is 0.102. The second kappa shape index (κ2) is 10.8. The van der Waals surface area contributed by atoms with Crippen LogP contribution < -0.4 is 20.2 Å². The minimum Gasteiger partial charge on any atom is -0.493 e. The standard InChI is InChI=1S/C26H23FN4O3S/c1-16-7-9-17(10-8-16)22-25(30-24(32)18-11-13-20(27)14-12-18)35-26(29-22)31-28-15-19-5-4-6-21(33-2)23(19)34-3/h4-15H,1-3H3,(H,29,31)(H,30,32)/b28-15+. The van der Waals surface area contributed by atoms with Crippen LogP contribution in [0.4, 0.5) is 14.5 Å². The van der Waals surface area contributed by atoms with E-state index in [0.717, 1.165) is 16.7 Å². The van der Waals surface area contributed by atoms with E-state index in [9.17, 15) is 9.18 Å². The number of anilines is 2. The molecule has 2 N–H and O–H groups in total. The van der Waals surface area contributed by atoms with Crippen LogP contribution in [0.2, 0.25) is 0 Å². The maximum atomic E-state index is 13.3. The topological polar surface area (TPSA) is 84.8 Å². The van der Waals surface area contributed by atoms with Crippen LogP contribution in [0.1, 0.15) is 21.5 Å². The average Bonchev–Trinajstić information content (AvgIpc) is 3.26. The summed E-state index contributed by atoms with van der Waals surface area (Å²) in [6.07, 6.45) is 1.60. The molecule has 1 amide bonds. The molecule has 0 radical (unpaired) electrons. The smallest absolute Gasteiger partial charge is 0.256 e. The van der Waals surface area contributed by atoms with Crippen molar-refractivity contribution in [1.82, 2.24) is 4.98 Å². The lowest BCUT2D eigenvalue weighted by atomic mass is 10.1. The summed E-state index contributed by atoms with van der Waals surface area (Å²) in [5, 5.41) is 8.20. The molecule has 0 aliphatic heterocycles. The molecule has 1 aromatic heterocycles. The van der Waals surface area contributed by atoms with Gasteiger partial charge in [-0.25, -0.2) is 9.37 Å². The van der Waals surface area contributed by atoms with Gasteiger partial charge in [-0.05, 0) is 43.3 Å². The largest absolute Gasteiger partial charge is 0.493 e. The molecule has 4 rings (SSSR count). The SMILES string of the molecule is COc1cccc(/C=N/Nc2nc(-c3ccc(C)cc3)c(NC(=O)c3ccc(F)cc3)s2)c1OC. The van der Waals surface area contributed by atoms with Crippen LogP contribution in [0.25, 0.3) is 11.3 Å². The molecular formula is C26H23FN4O3S. The quantitative estimate of drug-likeness (QED) is 0.235. The second-order valence-corrected chi connectivity index (χ2v) is 8.48. The molecule has 0 fully saturated rings. The number of ether oxygens (including phenoxy) is 2. The Kier molecular flexibility index (Phi) is 7.37. The first-order valence-electron chi connectivity index (χ1n) is 10.6. The number of amides is 1. The van der Waals surface area contributed by atoms with Gasteiger partial charge in [0, 0.05) is 16.7 Å². The summed E-state index contributed by atoms with van der Waals surface area (Å²) in [6.45, 7) is 2.00. The number of nitrogens with one attached hydrogen (secondary N) is 2. The summed E-state index contributed by atoms with van der Waals surface area (Å²) in [7, 11) is 3.13. The van der Waals surface area contributed by atoms with Crippen LogP contribution >= 0.6 is 11.3 Å². The molecule has 0 bridgehead atoms. The Morgan fingerprint density at radius 3 is 2.46 bits per heavy atom. The maximum absolute atomic E-state index is 13.3. The first-order chi connectivity index (χ1) is 17.0. The fourth-order valence-corrected chi connectivity index (χ4v) is 4.14. The van der Waals surface area contributed by atoms with Crippen molar-refractivity contribution in [3.63, 3.8) is 0 Å². The number of hydrogen-bond donors (Lipinski definition) is 2. The first-order valence-corrected chi connectivity index (χ1v) is 11.4. The molecular weight excluding hydrogens is 467 g/mol. The Morgan fingerprint density at radius 1 is 1.03 bits per heavy atom. The van der Waals surface area contributed by atoms with Gasteiger partial charge in [-0.15, -0.1) is 0 Å². The Bertz CT molecular complexity index is 1350. The van der Waals surface area contributed by atoms with E-state index in [1.807, 2.05) is 43.3 Å². The molecule has 0 aliphatic rings. The number of benzene rings is 3. The van der Waals surface area contributed by atoms with Gasteiger partial charge in [0.15, 0.2) is 11.5 Å². The summed E-state index contributed by atoms with van der Waals surface area (Å²) in [5.74, 6) is 0.389. The van der Waals surface area contributed by atoms with E-state index in [1.165, 1.54) is 35.6 Å². The fourth-order valence-electron chi connectivity index (χ4n) is 3.31. The van der Waals surface area contributed by atoms with Crippen molar-refractivity contribution in [3.05, 3.63) is 89.2 Å². The lowest BCUT2D eigenvalue weighted by Gasteiger charge is -2.09. The Balaban J connectivity index is 1.61. The second-order valence-electron chi connectivity index (χ2n) is 7.48. The van der Waals surface area contributed by atoms with Crippen molar-refractivity contribution in [2.75, 3.05) is 25.0 Å². The molecule has 3 aromatic carbocycles. The third kappa shape index (κ3) is 5.64. The lowest BCUT2D eigenvalue weighted by Crippen LogP contribution is -2.11.